The van der Waals surface area contributed by atoms with E-state index in [0.29, 0.717) is 0 Å². The van der Waals surface area contributed by atoms with Crippen LogP contribution in [0.5, 0.6) is 0 Å². The number of hydrogen-bond donors (Lipinski definition) is 0. The minimum atomic E-state index is -1.88. The fourth-order valence-corrected chi connectivity index (χ4v) is 4.89. The van der Waals surface area contributed by atoms with Gasteiger partial charge < -0.3 is 0 Å². The minimum absolute atomic E-state index is 0.646. The summed E-state index contributed by atoms with van der Waals surface area (Å²) >= 11 is 0. The number of fused-ring (bicyclic) bond motifs is 3. The van der Waals surface area contributed by atoms with E-state index in [1.807, 2.05) is 0 Å². The van der Waals surface area contributed by atoms with Gasteiger partial charge >= 0.3 is 0 Å². The van der Waals surface area contributed by atoms with Crippen molar-refractivity contribution in [2.45, 2.75) is 12.3 Å². The molecule has 0 aliphatic heterocycles. The molecule has 0 heterocycles. The summed E-state index contributed by atoms with van der Waals surface area (Å²) in [5.74, 6) is -1.83. The molecule has 7 aromatic rings. The van der Waals surface area contributed by atoms with Gasteiger partial charge in [0.1, 0.15) is 0 Å². The van der Waals surface area contributed by atoms with E-state index < -0.39 is 247 Å². The Balaban J connectivity index is 1.71. The van der Waals surface area contributed by atoms with E-state index in [0.717, 1.165) is 0 Å². The van der Waals surface area contributed by atoms with Crippen LogP contribution < -0.4 is 0 Å². The summed E-state index contributed by atoms with van der Waals surface area (Å²) in [6.45, 7) is 0. The van der Waals surface area contributed by atoms with Crippen molar-refractivity contribution < 1.29 is 38.4 Å². The van der Waals surface area contributed by atoms with Gasteiger partial charge in [-0.25, -0.2) is 0 Å². The van der Waals surface area contributed by atoms with Gasteiger partial charge in [-0.2, -0.15) is 0 Å². The number of allylic oxidation sites excluding steroid dienone is 4. The van der Waals surface area contributed by atoms with Crippen LogP contribution in [-0.4, -0.2) is 0 Å². The molecule has 0 bridgehead atoms. The Labute approximate surface area is 286 Å². The Morgan fingerprint density at radius 3 is 1.69 bits per heavy atom. The molecule has 0 heteroatoms. The van der Waals surface area contributed by atoms with Crippen molar-refractivity contribution in [2.75, 3.05) is 0 Å². The van der Waals surface area contributed by atoms with Crippen LogP contribution >= 0.6 is 0 Å². The zero-order chi connectivity index (χ0) is 52.2. The SMILES string of the molecule is [2H]C1=C([2H])C([2H])C(c2c([2H])c([2H])c(-c3c([2H])c([2H])c([2H])c([2H])c3-c3c4c([2H])c([2H])c([2H])c([2H])c4c(-c4c([2H])c([2H])c([2H])c5c([2H])c([2H])c([2H])c([2H])c45)c4c([2H])c([2H])c([2H])c([2H])c34)c([2H])c2[2H])C([2H])=C1[2H]. The van der Waals surface area contributed by atoms with Gasteiger partial charge in [-0.05, 0) is 77.7 Å². The Bertz CT molecular complexity index is 3580. The van der Waals surface area contributed by atoms with Crippen molar-refractivity contribution in [2.24, 2.45) is 0 Å². The van der Waals surface area contributed by atoms with E-state index in [9.17, 15) is 12.3 Å². The third-order valence-electron chi connectivity index (χ3n) is 6.69. The Morgan fingerprint density at radius 1 is 0.476 bits per heavy atom. The van der Waals surface area contributed by atoms with Crippen molar-refractivity contribution in [1.82, 2.24) is 0 Å². The molecular weight excluding hydrogens is 504 g/mol. The predicted octanol–water partition coefficient (Wildman–Crippen LogP) is 11.7. The van der Waals surface area contributed by atoms with Gasteiger partial charge in [-0.3, -0.25) is 0 Å². The minimum Gasteiger partial charge on any atom is -0.0836 e. The van der Waals surface area contributed by atoms with E-state index >= 15 is 0 Å². The summed E-state index contributed by atoms with van der Waals surface area (Å²) in [5.41, 5.74) is -5.74. The molecule has 198 valence electrons. The molecule has 7 aromatic carbocycles. The largest absolute Gasteiger partial charge is 0.0836 e. The maximum absolute atomic E-state index is 9.45. The Morgan fingerprint density at radius 2 is 1.00 bits per heavy atom. The van der Waals surface area contributed by atoms with Crippen LogP contribution in [0.15, 0.2) is 163 Å². The van der Waals surface area contributed by atoms with E-state index in [-0.39, 0.29) is 0 Å². The van der Waals surface area contributed by atoms with Crippen LogP contribution in [-0.2, 0) is 0 Å². The molecule has 0 saturated carbocycles. The molecule has 2 atom stereocenters. The van der Waals surface area contributed by atoms with Crippen LogP contribution in [0, 0.1) is 0 Å². The lowest BCUT2D eigenvalue weighted by molar-refractivity contribution is 0.854. The number of rotatable bonds is 4. The first kappa shape index (κ1) is 9.15. The molecule has 0 N–H and O–H groups in total. The van der Waals surface area contributed by atoms with Crippen LogP contribution in [0.1, 0.15) is 56.3 Å². The average Bonchev–Trinajstić information content (AvgIpc) is 3.33. The molecule has 0 radical (unpaired) electrons. The summed E-state index contributed by atoms with van der Waals surface area (Å²) in [6.07, 6.45) is -1.88. The normalized spacial score (nSPS) is 26.7. The highest BCUT2D eigenvalue weighted by atomic mass is 14.2. The highest BCUT2D eigenvalue weighted by Crippen LogP contribution is 2.47. The lowest BCUT2D eigenvalue weighted by Gasteiger charge is -2.20. The predicted molar refractivity (Wildman–Crippen MR) is 181 cm³/mol. The van der Waals surface area contributed by atoms with Crippen molar-refractivity contribution in [1.29, 1.82) is 0 Å². The quantitative estimate of drug-likeness (QED) is 0.187. The smallest absolute Gasteiger partial charge is 0.0629 e. The van der Waals surface area contributed by atoms with Crippen LogP contribution in [0.2, 0.25) is 0 Å². The first-order valence-corrected chi connectivity index (χ1v) is 12.4. The van der Waals surface area contributed by atoms with E-state index in [1.54, 1.807) is 0 Å². The standard InChI is InChI=1S/C42H30/c1-2-13-29(14-3-1)30-25-27-32(28-26-30)34-18-6-7-19-35(34)41-37-20-8-10-22-39(37)42(40-23-11-9-21-38(40)41)36-24-12-16-31-15-4-5-17-33(31)36/h1-13,15-29H,14H2/i1D,2D,3D,4D,5D,6D,7D,8D,9D,10D,11D,12D,13D,14D,15D,16D,17D,18D,19D,20D,21D,22D,23D,24D,25D,26D,27D,28D. The van der Waals surface area contributed by atoms with Gasteiger partial charge in [0, 0.05) is 7.29 Å². The summed E-state index contributed by atoms with van der Waals surface area (Å²) in [4.78, 5) is 0. The molecule has 0 saturated heterocycles. The fraction of sp³-hybridized carbons (Fsp3) is 0.0476. The first-order chi connectivity index (χ1) is 32.5. The number of benzene rings is 7. The average molecular weight is 563 g/mol. The molecule has 0 nitrogen and oxygen atoms in total. The molecule has 42 heavy (non-hydrogen) atoms. The maximum Gasteiger partial charge on any atom is 0.0629 e. The molecular formula is C42H30. The van der Waals surface area contributed by atoms with Gasteiger partial charge in [-0.15, -0.1) is 0 Å². The van der Waals surface area contributed by atoms with Crippen molar-refractivity contribution in [3.05, 3.63) is 169 Å². The summed E-state index contributed by atoms with van der Waals surface area (Å²) < 4.78 is 250. The molecule has 0 aromatic heterocycles. The lowest BCUT2D eigenvalue weighted by atomic mass is 9.83. The zero-order valence-electron chi connectivity index (χ0n) is 49.2. The van der Waals surface area contributed by atoms with Gasteiger partial charge in [0.15, 0.2) is 0 Å². The highest BCUT2D eigenvalue weighted by Gasteiger charge is 2.19. The van der Waals surface area contributed by atoms with Crippen LogP contribution in [0.25, 0.3) is 65.7 Å². The number of hydrogen-bond acceptors (Lipinski definition) is 0. The Hall–Kier alpha value is -5.20. The molecule has 2 unspecified atom stereocenters. The molecule has 8 rings (SSSR count). The molecule has 1 aliphatic rings. The molecule has 0 amide bonds. The van der Waals surface area contributed by atoms with Crippen molar-refractivity contribution >= 4 is 32.3 Å². The zero-order valence-corrected chi connectivity index (χ0v) is 21.2. The van der Waals surface area contributed by atoms with E-state index in [4.69, 9.17) is 26.0 Å². The monoisotopic (exact) mass is 562 g/mol. The second kappa shape index (κ2) is 10.3. The van der Waals surface area contributed by atoms with Crippen molar-refractivity contribution in [3.63, 3.8) is 0 Å². The summed E-state index contributed by atoms with van der Waals surface area (Å²) in [7, 11) is 0. The van der Waals surface area contributed by atoms with E-state index in [1.165, 1.54) is 0 Å². The summed E-state index contributed by atoms with van der Waals surface area (Å²) in [6, 6.07) is -26.4. The summed E-state index contributed by atoms with van der Waals surface area (Å²) in [5, 5.41) is -4.48. The molecule has 1 aliphatic carbocycles. The van der Waals surface area contributed by atoms with Crippen LogP contribution in [0.4, 0.5) is 0 Å². The van der Waals surface area contributed by atoms with Gasteiger partial charge in [0.25, 0.3) is 0 Å². The second-order valence-corrected chi connectivity index (χ2v) is 8.97. The highest BCUT2D eigenvalue weighted by molar-refractivity contribution is 6.24. The Kier molecular flexibility index (Phi) is 2.25. The maximum atomic E-state index is 9.45. The van der Waals surface area contributed by atoms with Gasteiger partial charge in [-0.1, -0.05) is 163 Å². The van der Waals surface area contributed by atoms with E-state index in [2.05, 4.69) is 0 Å². The molecule has 0 spiro atoms. The first-order valence-electron chi connectivity index (χ1n) is 26.5. The second-order valence-electron chi connectivity index (χ2n) is 8.97. The third kappa shape index (κ3) is 4.07. The lowest BCUT2D eigenvalue weighted by Crippen LogP contribution is -1.96. The van der Waals surface area contributed by atoms with Gasteiger partial charge in [0.2, 0.25) is 0 Å². The molecule has 0 fully saturated rings. The third-order valence-corrected chi connectivity index (χ3v) is 6.69. The van der Waals surface area contributed by atoms with Gasteiger partial charge in [0.05, 0.1) is 37.0 Å². The van der Waals surface area contributed by atoms with Crippen LogP contribution in [0.3, 0.4) is 0 Å². The topological polar surface area (TPSA) is 0 Å². The van der Waals surface area contributed by atoms with Crippen molar-refractivity contribution in [3.8, 4) is 33.4 Å². The fourth-order valence-electron chi connectivity index (χ4n) is 4.89.